The third-order valence-corrected chi connectivity index (χ3v) is 4.47. The average molecular weight is 268 g/mol. The number of nitrogens with zero attached hydrogens (tertiary/aromatic N) is 3. The number of anilines is 1. The molecule has 1 saturated heterocycles. The van der Waals surface area contributed by atoms with Crippen LogP contribution >= 0.6 is 11.6 Å². The van der Waals surface area contributed by atoms with Gasteiger partial charge in [0.15, 0.2) is 6.29 Å². The van der Waals surface area contributed by atoms with E-state index in [2.05, 4.69) is 28.7 Å². The van der Waals surface area contributed by atoms with Crippen molar-refractivity contribution < 1.29 is 4.79 Å². The molecule has 98 valence electrons. The molecule has 18 heavy (non-hydrogen) atoms. The first-order valence-corrected chi connectivity index (χ1v) is 6.74. The minimum absolute atomic E-state index is 0.237. The topological polar surface area (TPSA) is 46.1 Å². The van der Waals surface area contributed by atoms with Gasteiger partial charge in [0.05, 0.1) is 5.56 Å². The lowest BCUT2D eigenvalue weighted by molar-refractivity contribution is 0.112. The van der Waals surface area contributed by atoms with Crippen molar-refractivity contribution in [1.29, 1.82) is 0 Å². The fourth-order valence-corrected chi connectivity index (χ4v) is 2.83. The maximum Gasteiger partial charge on any atom is 0.156 e. The van der Waals surface area contributed by atoms with E-state index in [1.54, 1.807) is 0 Å². The van der Waals surface area contributed by atoms with Gasteiger partial charge in [-0.05, 0) is 24.7 Å². The minimum Gasteiger partial charge on any atom is -0.355 e. The Morgan fingerprint density at radius 3 is 2.72 bits per heavy atom. The zero-order valence-corrected chi connectivity index (χ0v) is 11.6. The Morgan fingerprint density at radius 2 is 2.17 bits per heavy atom. The summed E-state index contributed by atoms with van der Waals surface area (Å²) in [5.41, 5.74) is 0.750. The highest BCUT2D eigenvalue weighted by Gasteiger charge is 2.36. The summed E-state index contributed by atoms with van der Waals surface area (Å²) in [4.78, 5) is 21.4. The third kappa shape index (κ3) is 2.21. The van der Waals surface area contributed by atoms with Crippen LogP contribution in [0.2, 0.25) is 5.15 Å². The maximum atomic E-state index is 11.1. The molecule has 1 aromatic rings. The van der Waals surface area contributed by atoms with Crippen LogP contribution in [0.1, 0.15) is 43.5 Å². The number of hydrogen-bond acceptors (Lipinski definition) is 4. The first-order valence-electron chi connectivity index (χ1n) is 6.36. The lowest BCUT2D eigenvalue weighted by atomic mass is 9.82. The van der Waals surface area contributed by atoms with Crippen molar-refractivity contribution >= 4 is 23.7 Å². The number of halogens is 1. The molecular weight excluding hydrogens is 250 g/mol. The van der Waals surface area contributed by atoms with Crippen molar-refractivity contribution in [3.8, 4) is 0 Å². The van der Waals surface area contributed by atoms with Gasteiger partial charge in [0.25, 0.3) is 0 Å². The minimum atomic E-state index is 0.237. The van der Waals surface area contributed by atoms with Gasteiger partial charge in [-0.2, -0.15) is 0 Å². The molecule has 1 aromatic heterocycles. The van der Waals surface area contributed by atoms with E-state index >= 15 is 0 Å². The summed E-state index contributed by atoms with van der Waals surface area (Å²) < 4.78 is 0. The Kier molecular flexibility index (Phi) is 3.85. The lowest BCUT2D eigenvalue weighted by Crippen LogP contribution is -2.27. The van der Waals surface area contributed by atoms with Crippen LogP contribution in [-0.2, 0) is 0 Å². The fourth-order valence-electron chi connectivity index (χ4n) is 2.66. The Labute approximate surface area is 112 Å². The van der Waals surface area contributed by atoms with Crippen molar-refractivity contribution in [3.05, 3.63) is 17.0 Å². The van der Waals surface area contributed by atoms with Gasteiger partial charge < -0.3 is 4.90 Å². The molecule has 0 amide bonds. The molecule has 1 aliphatic heterocycles. The van der Waals surface area contributed by atoms with Gasteiger partial charge in [0.2, 0.25) is 0 Å². The van der Waals surface area contributed by atoms with Crippen LogP contribution < -0.4 is 4.90 Å². The molecule has 1 fully saturated rings. The molecule has 4 nitrogen and oxygen atoms in total. The van der Waals surface area contributed by atoms with Crippen molar-refractivity contribution in [2.24, 2.45) is 5.41 Å². The van der Waals surface area contributed by atoms with Gasteiger partial charge in [0.1, 0.15) is 17.3 Å². The zero-order chi connectivity index (χ0) is 13.2. The van der Waals surface area contributed by atoms with Gasteiger partial charge in [0, 0.05) is 13.1 Å². The number of hydrogen-bond donors (Lipinski definition) is 0. The molecule has 0 aromatic carbocycles. The summed E-state index contributed by atoms with van der Waals surface area (Å²) in [6.07, 6.45) is 5.60. The predicted octanol–water partition coefficient (Wildman–Crippen LogP) is 2.96. The monoisotopic (exact) mass is 267 g/mol. The Morgan fingerprint density at radius 1 is 1.44 bits per heavy atom. The molecule has 0 spiro atoms. The van der Waals surface area contributed by atoms with E-state index < -0.39 is 0 Å². The molecule has 5 heteroatoms. The zero-order valence-electron chi connectivity index (χ0n) is 10.8. The molecule has 1 aliphatic rings. The van der Waals surface area contributed by atoms with Gasteiger partial charge in [-0.25, -0.2) is 9.97 Å². The van der Waals surface area contributed by atoms with Crippen LogP contribution in [0, 0.1) is 5.41 Å². The second-order valence-electron chi connectivity index (χ2n) is 4.90. The van der Waals surface area contributed by atoms with Crippen LogP contribution in [0.15, 0.2) is 6.33 Å². The summed E-state index contributed by atoms with van der Waals surface area (Å²) in [7, 11) is 0. The number of aromatic nitrogens is 2. The lowest BCUT2D eigenvalue weighted by Gasteiger charge is -2.27. The number of rotatable bonds is 4. The Hall–Kier alpha value is -1.16. The van der Waals surface area contributed by atoms with Crippen LogP contribution in [0.3, 0.4) is 0 Å². The molecule has 0 bridgehead atoms. The van der Waals surface area contributed by atoms with Crippen LogP contribution in [0.5, 0.6) is 0 Å². The largest absolute Gasteiger partial charge is 0.355 e. The van der Waals surface area contributed by atoms with E-state index in [-0.39, 0.29) is 5.15 Å². The van der Waals surface area contributed by atoms with Crippen molar-refractivity contribution in [3.63, 3.8) is 0 Å². The quantitative estimate of drug-likeness (QED) is 0.622. The standard InChI is InChI=1S/C13H18ClN3O/c1-3-13(4-2)5-6-17(8-13)12-10(7-18)11(14)15-9-16-12/h7,9H,3-6,8H2,1-2H3. The second-order valence-corrected chi connectivity index (χ2v) is 5.26. The average Bonchev–Trinajstić information content (AvgIpc) is 2.83. The number of carbonyl (C=O) groups is 1. The molecule has 0 N–H and O–H groups in total. The summed E-state index contributed by atoms with van der Waals surface area (Å²) in [5, 5.41) is 0.237. The molecule has 0 unspecified atom stereocenters. The number of carbonyl (C=O) groups excluding carboxylic acids is 1. The summed E-state index contributed by atoms with van der Waals surface area (Å²) in [5.74, 6) is 0.675. The van der Waals surface area contributed by atoms with E-state index in [1.165, 1.54) is 6.33 Å². The highest BCUT2D eigenvalue weighted by Crippen LogP contribution is 2.39. The molecule has 0 saturated carbocycles. The van der Waals surface area contributed by atoms with E-state index in [1.807, 2.05) is 0 Å². The van der Waals surface area contributed by atoms with E-state index in [9.17, 15) is 4.79 Å². The first kappa shape index (κ1) is 13.3. The van der Waals surface area contributed by atoms with Crippen LogP contribution in [0.25, 0.3) is 0 Å². The fraction of sp³-hybridized carbons (Fsp3) is 0.615. The van der Waals surface area contributed by atoms with Crippen molar-refractivity contribution in [1.82, 2.24) is 9.97 Å². The third-order valence-electron chi connectivity index (χ3n) is 4.17. The SMILES string of the molecule is CCC1(CC)CCN(c2ncnc(Cl)c2C=O)C1. The molecule has 0 radical (unpaired) electrons. The molecule has 2 rings (SSSR count). The predicted molar refractivity (Wildman–Crippen MR) is 72.3 cm³/mol. The van der Waals surface area contributed by atoms with Crippen LogP contribution in [-0.4, -0.2) is 29.3 Å². The Bertz CT molecular complexity index is 446. The number of aldehydes is 1. The van der Waals surface area contributed by atoms with Gasteiger partial charge in [-0.15, -0.1) is 0 Å². The maximum absolute atomic E-state index is 11.1. The normalized spacial score (nSPS) is 18.1. The van der Waals surface area contributed by atoms with Gasteiger partial charge in [-0.3, -0.25) is 4.79 Å². The smallest absolute Gasteiger partial charge is 0.156 e. The van der Waals surface area contributed by atoms with E-state index in [0.717, 1.165) is 38.6 Å². The molecule has 2 heterocycles. The van der Waals surface area contributed by atoms with E-state index in [4.69, 9.17) is 11.6 Å². The highest BCUT2D eigenvalue weighted by molar-refractivity contribution is 6.32. The summed E-state index contributed by atoms with van der Waals surface area (Å²) >= 11 is 5.94. The van der Waals surface area contributed by atoms with Gasteiger partial charge >= 0.3 is 0 Å². The highest BCUT2D eigenvalue weighted by atomic mass is 35.5. The van der Waals surface area contributed by atoms with Crippen molar-refractivity contribution in [2.75, 3.05) is 18.0 Å². The second kappa shape index (κ2) is 5.22. The molecular formula is C13H18ClN3O. The molecule has 0 aliphatic carbocycles. The van der Waals surface area contributed by atoms with Crippen LogP contribution in [0.4, 0.5) is 5.82 Å². The van der Waals surface area contributed by atoms with Gasteiger partial charge in [-0.1, -0.05) is 25.4 Å². The summed E-state index contributed by atoms with van der Waals surface area (Å²) in [6, 6.07) is 0. The molecule has 0 atom stereocenters. The Balaban J connectivity index is 2.29. The first-order chi connectivity index (χ1) is 8.65. The summed E-state index contributed by atoms with van der Waals surface area (Å²) in [6.45, 7) is 6.31. The van der Waals surface area contributed by atoms with E-state index in [0.29, 0.717) is 16.8 Å². The van der Waals surface area contributed by atoms with Crippen molar-refractivity contribution in [2.45, 2.75) is 33.1 Å².